The van der Waals surface area contributed by atoms with Gasteiger partial charge in [-0.15, -0.1) is 0 Å². The highest BCUT2D eigenvalue weighted by Gasteiger charge is 2.62. The minimum atomic E-state index is -0.814. The molecule has 5 aromatic rings. The average Bonchev–Trinajstić information content (AvgIpc) is 3.25. The zero-order valence-electron chi connectivity index (χ0n) is 24.7. The molecule has 44 heavy (non-hydrogen) atoms. The maximum atomic E-state index is 11.5. The van der Waals surface area contributed by atoms with Crippen molar-refractivity contribution < 1.29 is 9.66 Å². The summed E-state index contributed by atoms with van der Waals surface area (Å²) < 4.78 is 6.97. The van der Waals surface area contributed by atoms with Gasteiger partial charge in [-0.3, -0.25) is 10.1 Å². The molecule has 5 heteroatoms. The van der Waals surface area contributed by atoms with Crippen LogP contribution in [0.3, 0.4) is 0 Å². The van der Waals surface area contributed by atoms with Crippen molar-refractivity contribution in [2.24, 2.45) is 0 Å². The highest BCUT2D eigenvalue weighted by molar-refractivity contribution is 5.77. The molecule has 0 saturated carbocycles. The molecule has 0 spiro atoms. The largest absolute Gasteiger partial charge is 0.462 e. The summed E-state index contributed by atoms with van der Waals surface area (Å²) >= 11 is 0. The molecule has 0 saturated heterocycles. The van der Waals surface area contributed by atoms with E-state index < -0.39 is 11.1 Å². The van der Waals surface area contributed by atoms with E-state index in [4.69, 9.17) is 4.74 Å². The molecule has 0 radical (unpaired) electrons. The van der Waals surface area contributed by atoms with Crippen LogP contribution in [0.2, 0.25) is 0 Å². The van der Waals surface area contributed by atoms with Crippen LogP contribution in [0.15, 0.2) is 121 Å². The van der Waals surface area contributed by atoms with Crippen LogP contribution in [0.1, 0.15) is 52.8 Å². The molecule has 2 aliphatic heterocycles. The van der Waals surface area contributed by atoms with E-state index in [9.17, 15) is 10.1 Å². The maximum Gasteiger partial charge on any atom is 0.270 e. The SMILES string of the molecule is CC1(C)c2cc(/C=C/c3ccc(/C=C/c4ccccc4)cc3)ccc2N2Cc3cc([N+](=O)[O-])ccc3OC21c1ccccc1. The van der Waals surface area contributed by atoms with Crippen molar-refractivity contribution in [1.29, 1.82) is 0 Å². The second-order valence-corrected chi connectivity index (χ2v) is 11.9. The van der Waals surface area contributed by atoms with Crippen LogP contribution >= 0.6 is 0 Å². The summed E-state index contributed by atoms with van der Waals surface area (Å²) in [5.41, 5.74) is 7.46. The van der Waals surface area contributed by atoms with Crippen LogP contribution in [0, 0.1) is 10.1 Å². The van der Waals surface area contributed by atoms with Gasteiger partial charge in [0, 0.05) is 28.9 Å². The van der Waals surface area contributed by atoms with Crippen molar-refractivity contribution in [3.63, 3.8) is 0 Å². The van der Waals surface area contributed by atoms with Gasteiger partial charge in [0.05, 0.1) is 16.9 Å². The summed E-state index contributed by atoms with van der Waals surface area (Å²) in [6, 6.07) is 40.6. The zero-order valence-corrected chi connectivity index (χ0v) is 24.7. The number of ether oxygens (including phenoxy) is 1. The van der Waals surface area contributed by atoms with E-state index in [0.717, 1.165) is 33.5 Å². The summed E-state index contributed by atoms with van der Waals surface area (Å²) in [6.07, 6.45) is 8.54. The van der Waals surface area contributed by atoms with Crippen LogP contribution in [-0.4, -0.2) is 4.92 Å². The molecular weight excluding hydrogens is 544 g/mol. The molecule has 0 aliphatic carbocycles. The third kappa shape index (κ3) is 4.58. The summed E-state index contributed by atoms with van der Waals surface area (Å²) in [6.45, 7) is 4.96. The van der Waals surface area contributed by atoms with E-state index in [1.165, 1.54) is 17.2 Å². The van der Waals surface area contributed by atoms with Gasteiger partial charge >= 0.3 is 0 Å². The fourth-order valence-corrected chi connectivity index (χ4v) is 6.60. The van der Waals surface area contributed by atoms with Gasteiger partial charge < -0.3 is 9.64 Å². The minimum Gasteiger partial charge on any atom is -0.462 e. The standard InChI is InChI=1S/C39H32N2O3/c1-38(2)35-25-31(20-19-30-17-15-29(16-18-30)14-13-28-9-5-3-6-10-28)21-23-36(35)40-27-32-26-34(41(42)43)22-24-37(32)44-39(38,40)33-11-7-4-8-12-33/h3-26H,27H2,1-2H3/b14-13+,20-19+. The Morgan fingerprint density at radius 2 is 1.27 bits per heavy atom. The number of hydrogen-bond donors (Lipinski definition) is 0. The Balaban J connectivity index is 1.22. The Bertz CT molecular complexity index is 1910. The van der Waals surface area contributed by atoms with Gasteiger partial charge in [-0.05, 0) is 59.9 Å². The van der Waals surface area contributed by atoms with Crippen LogP contribution in [-0.2, 0) is 17.7 Å². The van der Waals surface area contributed by atoms with Crippen LogP contribution in [0.25, 0.3) is 24.3 Å². The molecule has 0 amide bonds. The molecule has 5 nitrogen and oxygen atoms in total. The zero-order chi connectivity index (χ0) is 30.3. The molecule has 5 aromatic carbocycles. The van der Waals surface area contributed by atoms with E-state index in [2.05, 4.69) is 110 Å². The van der Waals surface area contributed by atoms with Crippen LogP contribution < -0.4 is 9.64 Å². The highest BCUT2D eigenvalue weighted by Crippen LogP contribution is 2.60. The molecule has 7 rings (SSSR count). The van der Waals surface area contributed by atoms with E-state index in [1.54, 1.807) is 12.1 Å². The van der Waals surface area contributed by atoms with Gasteiger partial charge in [0.15, 0.2) is 0 Å². The van der Waals surface area contributed by atoms with Crippen molar-refractivity contribution in [2.75, 3.05) is 4.90 Å². The minimum absolute atomic E-state index is 0.0685. The predicted molar refractivity (Wildman–Crippen MR) is 178 cm³/mol. The quantitative estimate of drug-likeness (QED) is 0.115. The Kier molecular flexibility index (Phi) is 6.66. The number of benzene rings is 5. The Morgan fingerprint density at radius 3 is 1.91 bits per heavy atom. The topological polar surface area (TPSA) is 55.6 Å². The van der Waals surface area contributed by atoms with Gasteiger partial charge in [0.1, 0.15) is 5.75 Å². The summed E-state index contributed by atoms with van der Waals surface area (Å²) in [4.78, 5) is 13.5. The smallest absolute Gasteiger partial charge is 0.270 e. The van der Waals surface area contributed by atoms with Gasteiger partial charge in [0.2, 0.25) is 5.72 Å². The second kappa shape index (κ2) is 10.7. The first-order valence-corrected chi connectivity index (χ1v) is 14.8. The van der Waals surface area contributed by atoms with E-state index in [-0.39, 0.29) is 10.6 Å². The van der Waals surface area contributed by atoms with Gasteiger partial charge in [-0.2, -0.15) is 0 Å². The highest BCUT2D eigenvalue weighted by atomic mass is 16.6. The fraction of sp³-hybridized carbons (Fsp3) is 0.128. The van der Waals surface area contributed by atoms with Crippen molar-refractivity contribution in [3.8, 4) is 5.75 Å². The van der Waals surface area contributed by atoms with Gasteiger partial charge in [-0.25, -0.2) is 0 Å². The first kappa shape index (κ1) is 27.4. The van der Waals surface area contributed by atoms with E-state index >= 15 is 0 Å². The molecule has 0 aromatic heterocycles. The number of anilines is 1. The number of nitrogens with zero attached hydrogens (tertiary/aromatic N) is 2. The normalized spacial score (nSPS) is 18.1. The van der Waals surface area contributed by atoms with E-state index in [0.29, 0.717) is 12.3 Å². The number of nitro benzene ring substituents is 1. The van der Waals surface area contributed by atoms with Crippen LogP contribution in [0.4, 0.5) is 11.4 Å². The summed E-state index contributed by atoms with van der Waals surface area (Å²) in [5.74, 6) is 0.679. The lowest BCUT2D eigenvalue weighted by Gasteiger charge is -2.50. The average molecular weight is 577 g/mol. The molecule has 0 N–H and O–H groups in total. The predicted octanol–water partition coefficient (Wildman–Crippen LogP) is 9.48. The molecule has 2 heterocycles. The van der Waals surface area contributed by atoms with Gasteiger partial charge in [-0.1, -0.05) is 115 Å². The molecule has 1 atom stereocenters. The number of hydrogen-bond acceptors (Lipinski definition) is 4. The second-order valence-electron chi connectivity index (χ2n) is 11.9. The fourth-order valence-electron chi connectivity index (χ4n) is 6.60. The molecule has 0 bridgehead atoms. The van der Waals surface area contributed by atoms with Crippen molar-refractivity contribution in [2.45, 2.75) is 31.5 Å². The van der Waals surface area contributed by atoms with Gasteiger partial charge in [0.25, 0.3) is 5.69 Å². The number of nitro groups is 1. The molecule has 2 aliphatic rings. The Labute approximate surface area is 257 Å². The summed E-state index contributed by atoms with van der Waals surface area (Å²) in [5, 5.41) is 11.5. The number of rotatable bonds is 6. The van der Waals surface area contributed by atoms with Crippen molar-refractivity contribution in [1.82, 2.24) is 0 Å². The lowest BCUT2D eigenvalue weighted by atomic mass is 9.73. The van der Waals surface area contributed by atoms with Crippen molar-refractivity contribution >= 4 is 35.7 Å². The maximum absolute atomic E-state index is 11.5. The summed E-state index contributed by atoms with van der Waals surface area (Å²) in [7, 11) is 0. The number of fused-ring (bicyclic) bond motifs is 4. The Hall–Kier alpha value is -5.42. The lowest BCUT2D eigenvalue weighted by Crippen LogP contribution is -2.58. The monoisotopic (exact) mass is 576 g/mol. The Morgan fingerprint density at radius 1 is 0.705 bits per heavy atom. The third-order valence-electron chi connectivity index (χ3n) is 8.89. The molecule has 216 valence electrons. The lowest BCUT2D eigenvalue weighted by molar-refractivity contribution is -0.385. The van der Waals surface area contributed by atoms with Crippen molar-refractivity contribution in [3.05, 3.63) is 170 Å². The van der Waals surface area contributed by atoms with E-state index in [1.807, 2.05) is 36.4 Å². The number of non-ortho nitro benzene ring substituents is 1. The first-order chi connectivity index (χ1) is 21.3. The molecule has 0 fully saturated rings. The first-order valence-electron chi connectivity index (χ1n) is 14.8. The third-order valence-corrected chi connectivity index (χ3v) is 8.89. The van der Waals surface area contributed by atoms with Crippen LogP contribution in [0.5, 0.6) is 5.75 Å². The molecule has 1 unspecified atom stereocenters. The molecular formula is C39H32N2O3.